The topological polar surface area (TPSA) is 17.1 Å². The van der Waals surface area contributed by atoms with Crippen molar-refractivity contribution in [3.05, 3.63) is 59.2 Å². The number of aldehydes is 1. The second kappa shape index (κ2) is 6.91. The van der Waals surface area contributed by atoms with Crippen LogP contribution in [0.25, 0.3) is 0 Å². The van der Waals surface area contributed by atoms with E-state index >= 15 is 0 Å². The molecule has 0 aromatic heterocycles. The summed E-state index contributed by atoms with van der Waals surface area (Å²) >= 11 is 0. The fourth-order valence-electron chi connectivity index (χ4n) is 1.92. The summed E-state index contributed by atoms with van der Waals surface area (Å²) < 4.78 is 0. The van der Waals surface area contributed by atoms with Gasteiger partial charge in [0.15, 0.2) is 6.29 Å². The summed E-state index contributed by atoms with van der Waals surface area (Å²) in [7, 11) is 0.651. The third kappa shape index (κ3) is 3.56. The summed E-state index contributed by atoms with van der Waals surface area (Å²) in [6.07, 6.45) is 0.945. The molecule has 0 aliphatic heterocycles. The number of carbonyl (C=O) groups excluding carboxylic acids is 1. The zero-order valence-corrected chi connectivity index (χ0v) is 12.0. The van der Waals surface area contributed by atoms with Crippen LogP contribution in [0.2, 0.25) is 0 Å². The molecule has 18 heavy (non-hydrogen) atoms. The SMILES string of the molecule is Cc1cc(Pc2ccccc2)cc(C)c1C=O.[H-].[Li+]. The van der Waals surface area contributed by atoms with Crippen LogP contribution in [0.3, 0.4) is 0 Å². The predicted octanol–water partition coefficient (Wildman–Crippen LogP) is -0.138. The zero-order valence-electron chi connectivity index (χ0n) is 12.0. The summed E-state index contributed by atoms with van der Waals surface area (Å²) in [6.45, 7) is 3.99. The van der Waals surface area contributed by atoms with E-state index in [1.807, 2.05) is 19.9 Å². The molecule has 88 valence electrons. The van der Waals surface area contributed by atoms with Gasteiger partial charge < -0.3 is 1.43 Å². The molecule has 2 rings (SSSR count). The zero-order chi connectivity index (χ0) is 12.3. The molecule has 2 aromatic carbocycles. The maximum atomic E-state index is 10.9. The van der Waals surface area contributed by atoms with Gasteiger partial charge in [-0.05, 0) is 35.6 Å². The van der Waals surface area contributed by atoms with Gasteiger partial charge in [0.05, 0.1) is 0 Å². The molecule has 2 aromatic rings. The van der Waals surface area contributed by atoms with Crippen molar-refractivity contribution >= 4 is 25.5 Å². The van der Waals surface area contributed by atoms with Gasteiger partial charge in [-0.2, -0.15) is 0 Å². The number of hydrogen-bond acceptors (Lipinski definition) is 1. The molecule has 0 spiro atoms. The van der Waals surface area contributed by atoms with Gasteiger partial charge in [0.25, 0.3) is 0 Å². The molecule has 0 saturated heterocycles. The molecule has 0 amide bonds. The molecule has 0 aliphatic carbocycles. The van der Waals surface area contributed by atoms with Gasteiger partial charge >= 0.3 is 18.9 Å². The van der Waals surface area contributed by atoms with Crippen LogP contribution in [0.15, 0.2) is 42.5 Å². The van der Waals surface area contributed by atoms with Crippen molar-refractivity contribution in [1.29, 1.82) is 0 Å². The first-order chi connectivity index (χ1) is 8.20. The second-order valence-corrected chi connectivity index (χ2v) is 5.54. The van der Waals surface area contributed by atoms with Crippen molar-refractivity contribution < 1.29 is 25.1 Å². The minimum absolute atomic E-state index is 0. The van der Waals surface area contributed by atoms with E-state index in [2.05, 4.69) is 36.4 Å². The van der Waals surface area contributed by atoms with E-state index < -0.39 is 0 Å². The van der Waals surface area contributed by atoms with E-state index in [4.69, 9.17) is 0 Å². The van der Waals surface area contributed by atoms with E-state index in [0.717, 1.165) is 23.0 Å². The fourth-order valence-corrected chi connectivity index (χ4v) is 3.19. The molecule has 1 unspecified atom stereocenters. The summed E-state index contributed by atoms with van der Waals surface area (Å²) in [5.41, 5.74) is 2.96. The molecule has 0 radical (unpaired) electrons. The Balaban J connectivity index is 0.00000162. The normalized spacial score (nSPS) is 10.3. The molecule has 0 heterocycles. The maximum Gasteiger partial charge on any atom is 1.00 e. The first-order valence-electron chi connectivity index (χ1n) is 5.59. The smallest absolute Gasteiger partial charge is 1.00 e. The van der Waals surface area contributed by atoms with Gasteiger partial charge in [0.2, 0.25) is 0 Å². The molecule has 0 aliphatic rings. The minimum Gasteiger partial charge on any atom is -1.00 e. The van der Waals surface area contributed by atoms with E-state index in [1.165, 1.54) is 10.6 Å². The molecule has 3 heteroatoms. The van der Waals surface area contributed by atoms with Crippen molar-refractivity contribution in [2.75, 3.05) is 0 Å². The molecule has 0 bridgehead atoms. The van der Waals surface area contributed by atoms with Crippen molar-refractivity contribution in [2.45, 2.75) is 13.8 Å². The van der Waals surface area contributed by atoms with Gasteiger partial charge in [-0.15, -0.1) is 0 Å². The van der Waals surface area contributed by atoms with Gasteiger partial charge in [-0.3, -0.25) is 4.79 Å². The van der Waals surface area contributed by atoms with Gasteiger partial charge in [-0.1, -0.05) is 51.0 Å². The summed E-state index contributed by atoms with van der Waals surface area (Å²) in [5.74, 6) is 0. The molecule has 0 saturated carbocycles. The van der Waals surface area contributed by atoms with Gasteiger partial charge in [0.1, 0.15) is 0 Å². The largest absolute Gasteiger partial charge is 1.00 e. The Morgan fingerprint density at radius 2 is 1.56 bits per heavy atom. The fraction of sp³-hybridized carbons (Fsp3) is 0.133. The molecule has 0 fully saturated rings. The Bertz CT molecular complexity index is 520. The number of rotatable bonds is 3. The summed E-state index contributed by atoms with van der Waals surface area (Å²) in [6, 6.07) is 14.6. The van der Waals surface area contributed by atoms with Crippen molar-refractivity contribution in [3.8, 4) is 0 Å². The third-order valence-electron chi connectivity index (χ3n) is 2.77. The first-order valence-corrected chi connectivity index (χ1v) is 6.59. The number of carbonyl (C=O) groups is 1. The quantitative estimate of drug-likeness (QED) is 0.421. The van der Waals surface area contributed by atoms with Crippen molar-refractivity contribution in [1.82, 2.24) is 0 Å². The first kappa shape index (κ1) is 15.2. The number of benzene rings is 2. The van der Waals surface area contributed by atoms with Crippen molar-refractivity contribution in [2.24, 2.45) is 0 Å². The van der Waals surface area contributed by atoms with Crippen LogP contribution >= 0.6 is 8.58 Å². The Morgan fingerprint density at radius 1 is 1.00 bits per heavy atom. The van der Waals surface area contributed by atoms with Crippen molar-refractivity contribution in [3.63, 3.8) is 0 Å². The average Bonchev–Trinajstić information content (AvgIpc) is 2.30. The summed E-state index contributed by atoms with van der Waals surface area (Å²) in [4.78, 5) is 10.9. The third-order valence-corrected chi connectivity index (χ3v) is 3.97. The predicted molar refractivity (Wildman–Crippen MR) is 76.4 cm³/mol. The Hall–Kier alpha value is -0.863. The molecule has 1 atom stereocenters. The number of hydrogen-bond donors (Lipinski definition) is 0. The van der Waals surface area contributed by atoms with E-state index in [1.54, 1.807) is 0 Å². The van der Waals surface area contributed by atoms with Crippen LogP contribution in [-0.2, 0) is 0 Å². The van der Waals surface area contributed by atoms with E-state index in [-0.39, 0.29) is 20.3 Å². The standard InChI is InChI=1S/C15H15OP.Li.H/c1-11-8-14(9-12(2)15(11)10-16)17-13-6-4-3-5-7-13;;/h3-10,17H,1-2H3;;/q;+1;-1. The van der Waals surface area contributed by atoms with Crippen LogP contribution in [-0.4, -0.2) is 6.29 Å². The van der Waals surface area contributed by atoms with Gasteiger partial charge in [-0.25, -0.2) is 0 Å². The van der Waals surface area contributed by atoms with Crippen LogP contribution in [0.4, 0.5) is 0 Å². The van der Waals surface area contributed by atoms with Crippen LogP contribution in [0.1, 0.15) is 22.9 Å². The number of aryl methyl sites for hydroxylation is 2. The molecule has 0 N–H and O–H groups in total. The Labute approximate surface area is 123 Å². The second-order valence-electron chi connectivity index (χ2n) is 4.13. The maximum absolute atomic E-state index is 10.9. The van der Waals surface area contributed by atoms with Gasteiger partial charge in [0, 0.05) is 5.56 Å². The molecular weight excluding hydrogens is 234 g/mol. The molecular formula is C15H16LiOP. The minimum atomic E-state index is 0. The average molecular weight is 250 g/mol. The van der Waals surface area contributed by atoms with Crippen LogP contribution in [0.5, 0.6) is 0 Å². The van der Waals surface area contributed by atoms with E-state index in [9.17, 15) is 4.79 Å². The monoisotopic (exact) mass is 250 g/mol. The molecule has 1 nitrogen and oxygen atoms in total. The van der Waals surface area contributed by atoms with Crippen LogP contribution in [0, 0.1) is 13.8 Å². The Kier molecular flexibility index (Phi) is 5.83. The van der Waals surface area contributed by atoms with E-state index in [0.29, 0.717) is 8.58 Å². The van der Waals surface area contributed by atoms with Crippen LogP contribution < -0.4 is 29.5 Å². The Morgan fingerprint density at radius 3 is 2.06 bits per heavy atom. The summed E-state index contributed by atoms with van der Waals surface area (Å²) in [5, 5.41) is 2.61.